The van der Waals surface area contributed by atoms with Crippen molar-refractivity contribution >= 4 is 17.7 Å². The molecule has 1 rings (SSSR count). The van der Waals surface area contributed by atoms with E-state index in [1.165, 1.54) is 11.8 Å². The van der Waals surface area contributed by atoms with Gasteiger partial charge >= 0.3 is 5.97 Å². The van der Waals surface area contributed by atoms with E-state index in [1.54, 1.807) is 13.8 Å². The summed E-state index contributed by atoms with van der Waals surface area (Å²) in [5.74, 6) is -0.336. The first-order chi connectivity index (χ1) is 9.04. The van der Waals surface area contributed by atoms with Gasteiger partial charge in [-0.2, -0.15) is 0 Å². The van der Waals surface area contributed by atoms with Crippen molar-refractivity contribution < 1.29 is 14.5 Å². The summed E-state index contributed by atoms with van der Waals surface area (Å²) in [4.78, 5) is 22.0. The summed E-state index contributed by atoms with van der Waals surface area (Å²) in [6.45, 7) is 3.55. The van der Waals surface area contributed by atoms with Crippen LogP contribution in [0, 0.1) is 10.1 Å². The number of hydrogen-bond donors (Lipinski definition) is 0. The van der Waals surface area contributed by atoms with Crippen molar-refractivity contribution in [2.45, 2.75) is 24.3 Å². The lowest BCUT2D eigenvalue weighted by Crippen LogP contribution is -2.20. The van der Waals surface area contributed by atoms with Crippen LogP contribution in [0.3, 0.4) is 0 Å². The molecule has 19 heavy (non-hydrogen) atoms. The van der Waals surface area contributed by atoms with E-state index in [-0.39, 0.29) is 22.7 Å². The number of hydrogen-bond acceptors (Lipinski definition) is 5. The summed E-state index contributed by atoms with van der Waals surface area (Å²) >= 11 is 1.26. The van der Waals surface area contributed by atoms with Crippen LogP contribution >= 0.6 is 11.8 Å². The van der Waals surface area contributed by atoms with Gasteiger partial charge in [-0.25, -0.2) is 0 Å². The van der Waals surface area contributed by atoms with Crippen LogP contribution < -0.4 is 0 Å². The summed E-state index contributed by atoms with van der Waals surface area (Å²) in [5.41, 5.74) is 0.848. The highest BCUT2D eigenvalue weighted by molar-refractivity contribution is 8.00. The summed E-state index contributed by atoms with van der Waals surface area (Å²) in [6, 6.07) is 9.18. The van der Waals surface area contributed by atoms with E-state index < -0.39 is 5.25 Å². The van der Waals surface area contributed by atoms with E-state index in [4.69, 9.17) is 4.74 Å². The second-order valence-corrected chi connectivity index (χ2v) is 5.49. The average molecular weight is 283 g/mol. The third-order valence-corrected chi connectivity index (χ3v) is 3.82. The molecule has 0 bridgehead atoms. The zero-order chi connectivity index (χ0) is 14.3. The molecular weight excluding hydrogens is 266 g/mol. The lowest BCUT2D eigenvalue weighted by atomic mass is 10.1. The highest BCUT2D eigenvalue weighted by Gasteiger charge is 2.25. The Bertz CT molecular complexity index is 424. The zero-order valence-electron chi connectivity index (χ0n) is 10.9. The van der Waals surface area contributed by atoms with Crippen LogP contribution in [0.25, 0.3) is 0 Å². The minimum atomic E-state index is -0.426. The molecule has 0 N–H and O–H groups in total. The fraction of sp³-hybridized carbons (Fsp3) is 0.462. The van der Waals surface area contributed by atoms with Crippen LogP contribution in [-0.4, -0.2) is 29.3 Å². The molecule has 2 atom stereocenters. The maximum absolute atomic E-state index is 11.6. The molecule has 0 aliphatic heterocycles. The van der Waals surface area contributed by atoms with Crippen molar-refractivity contribution in [2.24, 2.45) is 0 Å². The van der Waals surface area contributed by atoms with Crippen molar-refractivity contribution in [3.8, 4) is 0 Å². The number of ether oxygens (including phenoxy) is 1. The van der Waals surface area contributed by atoms with Crippen LogP contribution in [0.1, 0.15) is 24.7 Å². The number of nitrogens with zero attached hydrogens (tertiary/aromatic N) is 1. The fourth-order valence-corrected chi connectivity index (χ4v) is 2.79. The van der Waals surface area contributed by atoms with Crippen LogP contribution in [-0.2, 0) is 9.53 Å². The molecule has 0 saturated heterocycles. The fourth-order valence-electron chi connectivity index (χ4n) is 1.59. The summed E-state index contributed by atoms with van der Waals surface area (Å²) in [6.07, 6.45) is 0. The van der Waals surface area contributed by atoms with Gasteiger partial charge in [0.1, 0.15) is 5.25 Å². The lowest BCUT2D eigenvalue weighted by Gasteiger charge is -2.17. The Hall–Kier alpha value is -1.56. The first-order valence-electron chi connectivity index (χ1n) is 6.03. The van der Waals surface area contributed by atoms with Gasteiger partial charge in [0, 0.05) is 4.92 Å². The Morgan fingerprint density at radius 1 is 1.42 bits per heavy atom. The normalized spacial score (nSPS) is 13.6. The molecule has 6 heteroatoms. The predicted octanol–water partition coefficient (Wildman–Crippen LogP) is 2.69. The Balaban J connectivity index is 2.75. The summed E-state index contributed by atoms with van der Waals surface area (Å²) in [5, 5.41) is 9.96. The quantitative estimate of drug-likeness (QED) is 0.437. The SMILES string of the molecule is CCOC(=O)C(C)SC(C[N+](=O)[O-])c1ccccc1. The van der Waals surface area contributed by atoms with Gasteiger partial charge < -0.3 is 4.74 Å². The van der Waals surface area contributed by atoms with Crippen molar-refractivity contribution in [1.29, 1.82) is 0 Å². The number of esters is 1. The van der Waals surface area contributed by atoms with Crippen molar-refractivity contribution in [2.75, 3.05) is 13.2 Å². The molecule has 1 aromatic rings. The van der Waals surface area contributed by atoms with Crippen LogP contribution in [0.4, 0.5) is 0 Å². The lowest BCUT2D eigenvalue weighted by molar-refractivity contribution is -0.479. The maximum Gasteiger partial charge on any atom is 0.318 e. The number of nitro groups is 1. The molecule has 0 aliphatic carbocycles. The van der Waals surface area contributed by atoms with Gasteiger partial charge in [-0.05, 0) is 19.4 Å². The Morgan fingerprint density at radius 2 is 2.05 bits per heavy atom. The maximum atomic E-state index is 11.6. The topological polar surface area (TPSA) is 69.4 Å². The van der Waals surface area contributed by atoms with Gasteiger partial charge in [-0.15, -0.1) is 11.8 Å². The molecule has 0 aromatic heterocycles. The molecule has 1 aromatic carbocycles. The smallest absolute Gasteiger partial charge is 0.318 e. The van der Waals surface area contributed by atoms with Gasteiger partial charge in [0.2, 0.25) is 6.54 Å². The standard InChI is InChI=1S/C13H17NO4S/c1-3-18-13(15)10(2)19-12(9-14(16)17)11-7-5-4-6-8-11/h4-8,10,12H,3,9H2,1-2H3. The number of benzene rings is 1. The Labute approximate surface area is 116 Å². The molecule has 0 saturated carbocycles. The third kappa shape index (κ3) is 5.30. The summed E-state index contributed by atoms with van der Waals surface area (Å²) in [7, 11) is 0. The molecule has 0 amide bonds. The highest BCUT2D eigenvalue weighted by Crippen LogP contribution is 2.32. The van der Waals surface area contributed by atoms with Crippen LogP contribution in [0.2, 0.25) is 0 Å². The molecule has 104 valence electrons. The molecular formula is C13H17NO4S. The van der Waals surface area contributed by atoms with Crippen molar-refractivity contribution in [1.82, 2.24) is 0 Å². The van der Waals surface area contributed by atoms with Gasteiger partial charge in [0.15, 0.2) is 0 Å². The molecule has 0 fully saturated rings. The molecule has 0 heterocycles. The van der Waals surface area contributed by atoms with Gasteiger partial charge in [-0.1, -0.05) is 30.3 Å². The minimum Gasteiger partial charge on any atom is -0.465 e. The first kappa shape index (κ1) is 15.5. The highest BCUT2D eigenvalue weighted by atomic mass is 32.2. The zero-order valence-corrected chi connectivity index (χ0v) is 11.8. The van der Waals surface area contributed by atoms with E-state index in [0.717, 1.165) is 5.56 Å². The molecule has 2 unspecified atom stereocenters. The number of carbonyl (C=O) groups is 1. The van der Waals surface area contributed by atoms with Crippen LogP contribution in [0.15, 0.2) is 30.3 Å². The number of thioether (sulfide) groups is 1. The average Bonchev–Trinajstić information content (AvgIpc) is 2.38. The van der Waals surface area contributed by atoms with E-state index in [2.05, 4.69) is 0 Å². The van der Waals surface area contributed by atoms with Crippen molar-refractivity contribution in [3.05, 3.63) is 46.0 Å². The van der Waals surface area contributed by atoms with E-state index in [1.807, 2.05) is 30.3 Å². The van der Waals surface area contributed by atoms with Gasteiger partial charge in [-0.3, -0.25) is 14.9 Å². The Kier molecular flexibility index (Phi) is 6.35. The minimum absolute atomic E-state index is 0.210. The number of rotatable bonds is 7. The van der Waals surface area contributed by atoms with Gasteiger partial charge in [0.05, 0.1) is 11.9 Å². The number of carbonyl (C=O) groups excluding carboxylic acids is 1. The molecule has 0 spiro atoms. The van der Waals surface area contributed by atoms with E-state index in [0.29, 0.717) is 6.61 Å². The van der Waals surface area contributed by atoms with Gasteiger partial charge in [0.25, 0.3) is 0 Å². The van der Waals surface area contributed by atoms with E-state index >= 15 is 0 Å². The summed E-state index contributed by atoms with van der Waals surface area (Å²) < 4.78 is 4.92. The van der Waals surface area contributed by atoms with Crippen LogP contribution in [0.5, 0.6) is 0 Å². The van der Waals surface area contributed by atoms with Crippen molar-refractivity contribution in [3.63, 3.8) is 0 Å². The molecule has 0 radical (unpaired) electrons. The monoisotopic (exact) mass is 283 g/mol. The van der Waals surface area contributed by atoms with E-state index in [9.17, 15) is 14.9 Å². The predicted molar refractivity (Wildman–Crippen MR) is 74.7 cm³/mol. The first-order valence-corrected chi connectivity index (χ1v) is 6.97. The third-order valence-electron chi connectivity index (χ3n) is 2.47. The molecule has 0 aliphatic rings. The second-order valence-electron chi connectivity index (χ2n) is 3.94. The molecule has 5 nitrogen and oxygen atoms in total. The second kappa shape index (κ2) is 7.78. The largest absolute Gasteiger partial charge is 0.465 e. The Morgan fingerprint density at radius 3 is 2.58 bits per heavy atom.